The number of rotatable bonds is 5. The summed E-state index contributed by atoms with van der Waals surface area (Å²) >= 11 is 3.61. The molecule has 4 aromatic carbocycles. The van der Waals surface area contributed by atoms with Gasteiger partial charge < -0.3 is 4.74 Å². The highest BCUT2D eigenvalue weighted by Gasteiger charge is 2.22. The van der Waals surface area contributed by atoms with Crippen molar-refractivity contribution < 1.29 is 9.13 Å². The molecule has 0 N–H and O–H groups in total. The lowest BCUT2D eigenvalue weighted by Crippen LogP contribution is -2.16. The molecule has 0 unspecified atom stereocenters. The molecule has 0 saturated carbocycles. The van der Waals surface area contributed by atoms with Gasteiger partial charge in [0.05, 0.1) is 18.5 Å². The Kier molecular flexibility index (Phi) is 8.13. The minimum Gasteiger partial charge on any atom is -0.496 e. The van der Waals surface area contributed by atoms with Crippen molar-refractivity contribution in [3.8, 4) is 50.5 Å². The summed E-state index contributed by atoms with van der Waals surface area (Å²) in [6.07, 6.45) is 0. The molecule has 5 aromatic rings. The predicted molar refractivity (Wildman–Crippen MR) is 178 cm³/mol. The average Bonchev–Trinajstić information content (AvgIpc) is 2.96. The highest BCUT2D eigenvalue weighted by atomic mass is 79.9. The molecule has 2 nitrogen and oxygen atoms in total. The number of hydrogen-bond acceptors (Lipinski definition) is 2. The molecule has 0 aliphatic heterocycles. The van der Waals surface area contributed by atoms with Crippen LogP contribution in [0.3, 0.4) is 0 Å². The fraction of sp³-hybridized carbons (Fsp3) is 0.237. The highest BCUT2D eigenvalue weighted by molar-refractivity contribution is 9.10. The second-order valence-corrected chi connectivity index (χ2v) is 13.7. The van der Waals surface area contributed by atoms with Crippen LogP contribution < -0.4 is 4.74 Å². The van der Waals surface area contributed by atoms with Crippen LogP contribution >= 0.6 is 15.9 Å². The van der Waals surface area contributed by atoms with Gasteiger partial charge in [-0.1, -0.05) is 118 Å². The summed E-state index contributed by atoms with van der Waals surface area (Å²) in [4.78, 5) is 5.07. The molecular formula is C38H37BrFNO. The topological polar surface area (TPSA) is 22.1 Å². The van der Waals surface area contributed by atoms with Crippen LogP contribution in [0, 0.1) is 5.82 Å². The molecule has 0 amide bonds. The monoisotopic (exact) mass is 621 g/mol. The Morgan fingerprint density at radius 3 is 1.79 bits per heavy atom. The third-order valence-electron chi connectivity index (χ3n) is 7.59. The van der Waals surface area contributed by atoms with E-state index < -0.39 is 0 Å². The van der Waals surface area contributed by atoms with Crippen molar-refractivity contribution in [2.24, 2.45) is 0 Å². The predicted octanol–water partition coefficient (Wildman–Crippen LogP) is 11.3. The van der Waals surface area contributed by atoms with Crippen LogP contribution in [0.4, 0.5) is 4.39 Å². The first kappa shape index (κ1) is 29.7. The van der Waals surface area contributed by atoms with Crippen LogP contribution in [0.15, 0.2) is 102 Å². The number of ether oxygens (including phenoxy) is 1. The maximum Gasteiger partial charge on any atom is 0.131 e. The maximum atomic E-state index is 15.7. The minimum atomic E-state index is -0.321. The van der Waals surface area contributed by atoms with Crippen molar-refractivity contribution in [3.05, 3.63) is 118 Å². The number of methoxy groups -OCH3 is 1. The summed E-state index contributed by atoms with van der Waals surface area (Å²) in [5, 5.41) is 0. The molecule has 0 bridgehead atoms. The first-order chi connectivity index (χ1) is 19.8. The number of nitrogens with zero attached hydrogens (tertiary/aromatic N) is 1. The number of pyridine rings is 1. The molecule has 1 aromatic heterocycles. The van der Waals surface area contributed by atoms with Gasteiger partial charge in [-0.15, -0.1) is 0 Å². The molecule has 0 aliphatic carbocycles. The van der Waals surface area contributed by atoms with Crippen molar-refractivity contribution in [1.82, 2.24) is 4.98 Å². The van der Waals surface area contributed by atoms with Gasteiger partial charge in [0.15, 0.2) is 0 Å². The maximum absolute atomic E-state index is 15.7. The number of hydrogen-bond donors (Lipinski definition) is 0. The average molecular weight is 623 g/mol. The van der Waals surface area contributed by atoms with E-state index in [0.29, 0.717) is 22.6 Å². The quantitative estimate of drug-likeness (QED) is 0.195. The van der Waals surface area contributed by atoms with Crippen molar-refractivity contribution in [2.45, 2.75) is 52.4 Å². The van der Waals surface area contributed by atoms with E-state index in [4.69, 9.17) is 9.72 Å². The van der Waals surface area contributed by atoms with Crippen molar-refractivity contribution in [1.29, 1.82) is 0 Å². The zero-order chi connectivity index (χ0) is 30.2. The largest absolute Gasteiger partial charge is 0.496 e. The number of benzene rings is 4. The zero-order valence-corrected chi connectivity index (χ0v) is 26.9. The summed E-state index contributed by atoms with van der Waals surface area (Å²) in [7, 11) is 1.62. The summed E-state index contributed by atoms with van der Waals surface area (Å²) < 4.78 is 22.5. The van der Waals surface area contributed by atoms with Gasteiger partial charge in [-0.3, -0.25) is 0 Å². The Morgan fingerprint density at radius 2 is 1.19 bits per heavy atom. The lowest BCUT2D eigenvalue weighted by atomic mass is 9.79. The smallest absolute Gasteiger partial charge is 0.131 e. The van der Waals surface area contributed by atoms with Gasteiger partial charge in [-0.05, 0) is 75.0 Å². The SMILES string of the molecule is COc1cc(-c2ccccc2)c(F)cc1-c1cc(-c2cc(C(C)(C)C)cc(C(C)(C)C)c2)cc(-c2cccc(Br)c2)n1. The fourth-order valence-electron chi connectivity index (χ4n) is 5.05. The van der Waals surface area contributed by atoms with Crippen LogP contribution in [0.5, 0.6) is 5.75 Å². The summed E-state index contributed by atoms with van der Waals surface area (Å²) in [6, 6.07) is 32.0. The van der Waals surface area contributed by atoms with Gasteiger partial charge in [0, 0.05) is 21.2 Å². The Labute approximate surface area is 257 Å². The Hall–Kier alpha value is -3.76. The summed E-state index contributed by atoms with van der Waals surface area (Å²) in [5.74, 6) is 0.247. The van der Waals surface area contributed by atoms with Crippen LogP contribution in [0.1, 0.15) is 52.7 Å². The van der Waals surface area contributed by atoms with E-state index in [2.05, 4.69) is 93.9 Å². The van der Waals surface area contributed by atoms with E-state index in [1.807, 2.05) is 48.5 Å². The molecule has 4 heteroatoms. The molecule has 0 saturated heterocycles. The summed E-state index contributed by atoms with van der Waals surface area (Å²) in [6.45, 7) is 13.4. The van der Waals surface area contributed by atoms with Gasteiger partial charge >= 0.3 is 0 Å². The van der Waals surface area contributed by atoms with Gasteiger partial charge in [-0.25, -0.2) is 9.37 Å². The molecule has 1 heterocycles. The molecule has 42 heavy (non-hydrogen) atoms. The second kappa shape index (κ2) is 11.5. The first-order valence-electron chi connectivity index (χ1n) is 14.2. The third-order valence-corrected chi connectivity index (χ3v) is 8.09. The van der Waals surface area contributed by atoms with Crippen LogP contribution in [-0.4, -0.2) is 12.1 Å². The Bertz CT molecular complexity index is 1710. The lowest BCUT2D eigenvalue weighted by molar-refractivity contribution is 0.415. The standard InChI is InChI=1S/C38H37BrFNO/c1-37(2,3)28-16-26(17-29(21-28)38(4,5)6)27-19-34(25-14-11-15-30(39)18-25)41-35(20-27)32-22-33(40)31(23-36(32)42-7)24-12-9-8-10-13-24/h8-23H,1-7H3. The highest BCUT2D eigenvalue weighted by Crippen LogP contribution is 2.40. The van der Waals surface area contributed by atoms with Crippen molar-refractivity contribution in [2.75, 3.05) is 7.11 Å². The van der Waals surface area contributed by atoms with Gasteiger partial charge in [0.25, 0.3) is 0 Å². The van der Waals surface area contributed by atoms with Gasteiger partial charge in [0.1, 0.15) is 11.6 Å². The normalized spacial score (nSPS) is 11.9. The third kappa shape index (κ3) is 6.34. The van der Waals surface area contributed by atoms with Gasteiger partial charge in [0.2, 0.25) is 0 Å². The fourth-order valence-corrected chi connectivity index (χ4v) is 5.45. The molecule has 0 spiro atoms. The van der Waals surface area contributed by atoms with Crippen molar-refractivity contribution in [3.63, 3.8) is 0 Å². The number of aromatic nitrogens is 1. The van der Waals surface area contributed by atoms with Crippen LogP contribution in [0.2, 0.25) is 0 Å². The molecule has 0 atom stereocenters. The number of halogens is 2. The summed E-state index contributed by atoms with van der Waals surface area (Å²) in [5.41, 5.74) is 8.91. The van der Waals surface area contributed by atoms with E-state index in [1.54, 1.807) is 19.2 Å². The van der Waals surface area contributed by atoms with Crippen molar-refractivity contribution >= 4 is 15.9 Å². The second-order valence-electron chi connectivity index (χ2n) is 12.8. The lowest BCUT2D eigenvalue weighted by Gasteiger charge is -2.26. The molecule has 5 rings (SSSR count). The van der Waals surface area contributed by atoms with E-state index >= 15 is 4.39 Å². The molecular weight excluding hydrogens is 585 g/mol. The molecule has 0 fully saturated rings. The van der Waals surface area contributed by atoms with E-state index in [1.165, 1.54) is 11.1 Å². The Balaban J connectivity index is 1.78. The van der Waals surface area contributed by atoms with Crippen LogP contribution in [0.25, 0.3) is 44.8 Å². The van der Waals surface area contributed by atoms with E-state index in [-0.39, 0.29) is 16.6 Å². The first-order valence-corrected chi connectivity index (χ1v) is 15.0. The van der Waals surface area contributed by atoms with E-state index in [9.17, 15) is 0 Å². The van der Waals surface area contributed by atoms with Gasteiger partial charge in [-0.2, -0.15) is 0 Å². The Morgan fingerprint density at radius 1 is 0.595 bits per heavy atom. The minimum absolute atomic E-state index is 0.0292. The van der Waals surface area contributed by atoms with Crippen LogP contribution in [-0.2, 0) is 10.8 Å². The van der Waals surface area contributed by atoms with E-state index in [0.717, 1.165) is 32.4 Å². The zero-order valence-electron chi connectivity index (χ0n) is 25.3. The molecule has 214 valence electrons. The molecule has 0 aliphatic rings. The molecule has 0 radical (unpaired) electrons.